The first-order valence-corrected chi connectivity index (χ1v) is 7.38. The van der Waals surface area contributed by atoms with E-state index in [9.17, 15) is 8.78 Å². The Labute approximate surface area is 119 Å². The maximum atomic E-state index is 13.9. The average molecular weight is 283 g/mol. The van der Waals surface area contributed by atoms with Crippen LogP contribution >= 0.6 is 0 Å². The minimum Gasteiger partial charge on any atom is -0.381 e. The number of rotatable bonds is 6. The molecule has 0 aromatic heterocycles. The average Bonchev–Trinajstić information content (AvgIpc) is 2.45. The summed E-state index contributed by atoms with van der Waals surface area (Å²) >= 11 is 0. The molecular weight excluding hydrogens is 260 g/mol. The highest BCUT2D eigenvalue weighted by Gasteiger charge is 2.33. The van der Waals surface area contributed by atoms with E-state index in [0.717, 1.165) is 32.4 Å². The molecule has 0 unspecified atom stereocenters. The van der Waals surface area contributed by atoms with E-state index in [4.69, 9.17) is 4.74 Å². The maximum Gasteiger partial charge on any atom is 0.162 e. The van der Waals surface area contributed by atoms with Gasteiger partial charge in [0.2, 0.25) is 0 Å². The molecule has 4 heteroatoms. The smallest absolute Gasteiger partial charge is 0.162 e. The number of nitrogens with one attached hydrogen (secondary N) is 1. The summed E-state index contributed by atoms with van der Waals surface area (Å²) < 4.78 is 32.7. The Bertz CT molecular complexity index is 430. The second kappa shape index (κ2) is 7.14. The van der Waals surface area contributed by atoms with Crippen LogP contribution in [0.25, 0.3) is 0 Å². The van der Waals surface area contributed by atoms with Crippen molar-refractivity contribution in [2.45, 2.75) is 32.6 Å². The van der Waals surface area contributed by atoms with Crippen molar-refractivity contribution in [2.75, 3.05) is 26.3 Å². The van der Waals surface area contributed by atoms with Gasteiger partial charge in [-0.1, -0.05) is 19.1 Å². The van der Waals surface area contributed by atoms with Crippen LogP contribution in [0.4, 0.5) is 8.78 Å². The first-order chi connectivity index (χ1) is 9.67. The third-order valence-electron chi connectivity index (χ3n) is 4.08. The molecule has 1 aromatic carbocycles. The maximum absolute atomic E-state index is 13.9. The molecular formula is C16H23F2NO. The van der Waals surface area contributed by atoms with E-state index in [1.807, 2.05) is 0 Å². The Morgan fingerprint density at radius 1 is 1.25 bits per heavy atom. The monoisotopic (exact) mass is 283 g/mol. The molecule has 1 aliphatic rings. The van der Waals surface area contributed by atoms with Gasteiger partial charge in [-0.15, -0.1) is 0 Å². The van der Waals surface area contributed by atoms with Crippen molar-refractivity contribution in [1.29, 1.82) is 0 Å². The summed E-state index contributed by atoms with van der Waals surface area (Å²) in [4.78, 5) is 0. The van der Waals surface area contributed by atoms with Crippen LogP contribution in [0.1, 0.15) is 31.7 Å². The van der Waals surface area contributed by atoms with Crippen molar-refractivity contribution in [2.24, 2.45) is 5.41 Å². The zero-order valence-electron chi connectivity index (χ0n) is 12.1. The van der Waals surface area contributed by atoms with Gasteiger partial charge in [0.25, 0.3) is 0 Å². The quantitative estimate of drug-likeness (QED) is 0.809. The molecule has 0 atom stereocenters. The topological polar surface area (TPSA) is 21.3 Å². The molecule has 0 saturated carbocycles. The van der Waals surface area contributed by atoms with E-state index in [2.05, 4.69) is 12.2 Å². The van der Waals surface area contributed by atoms with Gasteiger partial charge in [0.05, 0.1) is 0 Å². The van der Waals surface area contributed by atoms with Crippen LogP contribution in [-0.4, -0.2) is 26.3 Å². The fourth-order valence-corrected chi connectivity index (χ4v) is 2.84. The van der Waals surface area contributed by atoms with Gasteiger partial charge in [0, 0.05) is 19.8 Å². The van der Waals surface area contributed by atoms with Crippen molar-refractivity contribution in [3.63, 3.8) is 0 Å². The van der Waals surface area contributed by atoms with Gasteiger partial charge in [-0.3, -0.25) is 0 Å². The van der Waals surface area contributed by atoms with Crippen LogP contribution in [0.3, 0.4) is 0 Å². The van der Waals surface area contributed by atoms with Crippen LogP contribution in [0.15, 0.2) is 18.2 Å². The highest BCUT2D eigenvalue weighted by atomic mass is 19.2. The summed E-state index contributed by atoms with van der Waals surface area (Å²) in [7, 11) is 0. The van der Waals surface area contributed by atoms with Crippen LogP contribution in [0.5, 0.6) is 0 Å². The molecule has 1 saturated heterocycles. The molecule has 2 rings (SSSR count). The molecule has 1 aliphatic heterocycles. The van der Waals surface area contributed by atoms with E-state index in [1.54, 1.807) is 12.1 Å². The molecule has 112 valence electrons. The summed E-state index contributed by atoms with van der Waals surface area (Å²) in [5.74, 6) is -1.46. The third kappa shape index (κ3) is 3.76. The van der Waals surface area contributed by atoms with Gasteiger partial charge in [-0.25, -0.2) is 8.78 Å². The summed E-state index contributed by atoms with van der Waals surface area (Å²) in [5, 5.41) is 3.43. The number of benzene rings is 1. The molecule has 1 fully saturated rings. The minimum atomic E-state index is -0.758. The van der Waals surface area contributed by atoms with Crippen molar-refractivity contribution in [3.8, 4) is 0 Å². The molecule has 2 nitrogen and oxygen atoms in total. The van der Waals surface area contributed by atoms with Gasteiger partial charge in [0.15, 0.2) is 11.6 Å². The number of hydrogen-bond donors (Lipinski definition) is 1. The predicted molar refractivity (Wildman–Crippen MR) is 75.7 cm³/mol. The van der Waals surface area contributed by atoms with Crippen molar-refractivity contribution < 1.29 is 13.5 Å². The van der Waals surface area contributed by atoms with Gasteiger partial charge >= 0.3 is 0 Å². The molecule has 1 heterocycles. The lowest BCUT2D eigenvalue weighted by atomic mass is 9.75. The van der Waals surface area contributed by atoms with Gasteiger partial charge in [-0.2, -0.15) is 0 Å². The Morgan fingerprint density at radius 3 is 2.70 bits per heavy atom. The van der Waals surface area contributed by atoms with E-state index in [-0.39, 0.29) is 5.41 Å². The highest BCUT2D eigenvalue weighted by Crippen LogP contribution is 2.34. The molecule has 0 spiro atoms. The van der Waals surface area contributed by atoms with E-state index < -0.39 is 11.6 Å². The Kier molecular flexibility index (Phi) is 5.49. The second-order valence-corrected chi connectivity index (χ2v) is 5.68. The van der Waals surface area contributed by atoms with Gasteiger partial charge < -0.3 is 10.1 Å². The van der Waals surface area contributed by atoms with Crippen molar-refractivity contribution in [3.05, 3.63) is 35.4 Å². The summed E-state index contributed by atoms with van der Waals surface area (Å²) in [6.07, 6.45) is 3.41. The minimum absolute atomic E-state index is 0.0257. The van der Waals surface area contributed by atoms with E-state index >= 15 is 0 Å². The zero-order chi connectivity index (χ0) is 14.4. The number of ether oxygens (including phenoxy) is 1. The van der Waals surface area contributed by atoms with Crippen LogP contribution in [0, 0.1) is 17.0 Å². The standard InChI is InChI=1S/C16H23F2NO/c1-2-8-19-12-16(6-9-20-10-7-16)11-13-4-3-5-14(17)15(13)18/h3-5,19H,2,6-12H2,1H3. The molecule has 0 bridgehead atoms. The highest BCUT2D eigenvalue weighted by molar-refractivity contribution is 5.21. The Morgan fingerprint density at radius 2 is 2.00 bits per heavy atom. The first kappa shape index (κ1) is 15.4. The van der Waals surface area contributed by atoms with Crippen LogP contribution in [-0.2, 0) is 11.2 Å². The zero-order valence-corrected chi connectivity index (χ0v) is 12.1. The first-order valence-electron chi connectivity index (χ1n) is 7.38. The number of hydrogen-bond acceptors (Lipinski definition) is 2. The molecule has 0 radical (unpaired) electrons. The molecule has 20 heavy (non-hydrogen) atoms. The fourth-order valence-electron chi connectivity index (χ4n) is 2.84. The van der Waals surface area contributed by atoms with E-state index in [0.29, 0.717) is 25.2 Å². The largest absolute Gasteiger partial charge is 0.381 e. The van der Waals surface area contributed by atoms with Crippen LogP contribution in [0.2, 0.25) is 0 Å². The van der Waals surface area contributed by atoms with Crippen LogP contribution < -0.4 is 5.32 Å². The lowest BCUT2D eigenvalue weighted by molar-refractivity contribution is 0.0146. The Hall–Kier alpha value is -1.00. The third-order valence-corrected chi connectivity index (χ3v) is 4.08. The van der Waals surface area contributed by atoms with Gasteiger partial charge in [0.1, 0.15) is 0 Å². The fraction of sp³-hybridized carbons (Fsp3) is 0.625. The molecule has 0 amide bonds. The molecule has 1 aromatic rings. The van der Waals surface area contributed by atoms with Crippen molar-refractivity contribution in [1.82, 2.24) is 5.32 Å². The van der Waals surface area contributed by atoms with Crippen molar-refractivity contribution >= 4 is 0 Å². The molecule has 0 aliphatic carbocycles. The second-order valence-electron chi connectivity index (χ2n) is 5.68. The lowest BCUT2D eigenvalue weighted by Crippen LogP contribution is -2.41. The SMILES string of the molecule is CCCNCC1(Cc2cccc(F)c2F)CCOCC1. The Balaban J connectivity index is 2.12. The predicted octanol–water partition coefficient (Wildman–Crippen LogP) is 3.30. The lowest BCUT2D eigenvalue weighted by Gasteiger charge is -2.38. The summed E-state index contributed by atoms with van der Waals surface area (Å²) in [5.41, 5.74) is 0.451. The van der Waals surface area contributed by atoms with Gasteiger partial charge in [-0.05, 0) is 49.3 Å². The summed E-state index contributed by atoms with van der Waals surface area (Å²) in [6.45, 7) is 5.31. The van der Waals surface area contributed by atoms with E-state index in [1.165, 1.54) is 6.07 Å². The molecule has 1 N–H and O–H groups in total. The normalized spacial score (nSPS) is 18.1. The number of halogens is 2. The summed E-state index contributed by atoms with van der Waals surface area (Å²) in [6, 6.07) is 4.44.